The predicted molar refractivity (Wildman–Crippen MR) is 128 cm³/mol. The fraction of sp³-hybridized carbons (Fsp3) is 0.714. The first kappa shape index (κ1) is 29.0. The number of benzene rings is 1. The van der Waals surface area contributed by atoms with E-state index < -0.39 is 17.8 Å². The van der Waals surface area contributed by atoms with Gasteiger partial charge in [-0.05, 0) is 69.8 Å². The average Bonchev–Trinajstić information content (AvgIpc) is 2.71. The van der Waals surface area contributed by atoms with Crippen LogP contribution in [0.4, 0.5) is 5.69 Å². The van der Waals surface area contributed by atoms with Gasteiger partial charge in [0.15, 0.2) is 0 Å². The van der Waals surface area contributed by atoms with Crippen LogP contribution in [-0.2, 0) is 28.2 Å². The first-order valence-corrected chi connectivity index (χ1v) is 14.1. The van der Waals surface area contributed by atoms with E-state index in [0.29, 0.717) is 31.6 Å². The van der Waals surface area contributed by atoms with Crippen LogP contribution in [0.25, 0.3) is 0 Å². The largest absolute Gasteiger partial charge is 0.474 e. The van der Waals surface area contributed by atoms with Crippen molar-refractivity contribution in [3.63, 3.8) is 0 Å². The molecule has 0 aromatic heterocycles. The molecular formula is C21H40N3O6PS. The first-order valence-electron chi connectivity index (χ1n) is 11.2. The molecule has 32 heavy (non-hydrogen) atoms. The van der Waals surface area contributed by atoms with E-state index in [1.165, 1.54) is 16.4 Å². The molecule has 0 saturated heterocycles. The van der Waals surface area contributed by atoms with Crippen molar-refractivity contribution in [1.29, 1.82) is 0 Å². The summed E-state index contributed by atoms with van der Waals surface area (Å²) >= 11 is 0. The van der Waals surface area contributed by atoms with Crippen molar-refractivity contribution in [3.8, 4) is 0 Å². The number of phosphoric acid groups is 1. The highest BCUT2D eigenvalue weighted by Gasteiger charge is 2.33. The summed E-state index contributed by atoms with van der Waals surface area (Å²) < 4.78 is 57.0. The number of nitrogens with zero attached hydrogens (tertiary/aromatic N) is 1. The van der Waals surface area contributed by atoms with Crippen LogP contribution in [0.15, 0.2) is 29.2 Å². The lowest BCUT2D eigenvalue weighted by Gasteiger charge is -2.32. The second-order valence-corrected chi connectivity index (χ2v) is 11.4. The Morgan fingerprint density at radius 1 is 1.00 bits per heavy atom. The normalized spacial score (nSPS) is 13.7. The summed E-state index contributed by atoms with van der Waals surface area (Å²) in [5.74, 6) is 0.106. The van der Waals surface area contributed by atoms with Crippen molar-refractivity contribution < 1.29 is 26.6 Å². The third kappa shape index (κ3) is 9.47. The monoisotopic (exact) mass is 493 g/mol. The molecule has 0 amide bonds. The summed E-state index contributed by atoms with van der Waals surface area (Å²) in [5, 5.41) is 0. The number of hydrogen-bond acceptors (Lipinski definition) is 8. The highest BCUT2D eigenvalue weighted by Crippen LogP contribution is 2.49. The van der Waals surface area contributed by atoms with Crippen LogP contribution in [-0.4, -0.2) is 51.7 Å². The first-order chi connectivity index (χ1) is 15.1. The molecule has 1 aromatic carbocycles. The Bertz CT molecular complexity index is 794. The maximum absolute atomic E-state index is 13.5. The molecule has 1 aromatic rings. The molecule has 0 heterocycles. The van der Waals surface area contributed by atoms with Crippen LogP contribution in [0.1, 0.15) is 53.4 Å². The number of anilines is 1. The second-order valence-electron chi connectivity index (χ2n) is 7.88. The molecule has 0 fully saturated rings. The van der Waals surface area contributed by atoms with E-state index in [0.717, 1.165) is 12.8 Å². The fourth-order valence-electron chi connectivity index (χ4n) is 3.26. The third-order valence-electron chi connectivity index (χ3n) is 4.71. The molecule has 0 aliphatic heterocycles. The van der Waals surface area contributed by atoms with E-state index in [1.54, 1.807) is 26.0 Å². The van der Waals surface area contributed by atoms with Gasteiger partial charge in [0.2, 0.25) is 10.0 Å². The lowest BCUT2D eigenvalue weighted by molar-refractivity contribution is 0.112. The Balaban J connectivity index is 3.14. The Hall–Kier alpha value is -1.00. The SMILES string of the molecule is CCOP(=O)(OCC)OCC[C@H](CCCCN)N(CC(C)C)S(=O)(=O)c1ccc(N)cc1. The molecule has 0 saturated carbocycles. The highest BCUT2D eigenvalue weighted by atomic mass is 32.2. The van der Waals surface area contributed by atoms with Crippen LogP contribution in [0, 0.1) is 5.92 Å². The molecule has 1 rings (SSSR count). The van der Waals surface area contributed by atoms with Gasteiger partial charge in [-0.1, -0.05) is 20.3 Å². The Labute approximate surface area is 193 Å². The van der Waals surface area contributed by atoms with E-state index in [-0.39, 0.29) is 36.7 Å². The van der Waals surface area contributed by atoms with E-state index in [2.05, 4.69) is 0 Å². The maximum Gasteiger partial charge on any atom is 0.474 e. The van der Waals surface area contributed by atoms with Crippen molar-refractivity contribution in [3.05, 3.63) is 24.3 Å². The quantitative estimate of drug-likeness (QED) is 0.189. The number of nitrogen functional groups attached to an aromatic ring is 1. The topological polar surface area (TPSA) is 134 Å². The van der Waals surface area contributed by atoms with Gasteiger partial charge in [-0.2, -0.15) is 4.31 Å². The summed E-state index contributed by atoms with van der Waals surface area (Å²) in [6.07, 6.45) is 2.50. The summed E-state index contributed by atoms with van der Waals surface area (Å²) in [4.78, 5) is 0.186. The van der Waals surface area contributed by atoms with Gasteiger partial charge in [-0.3, -0.25) is 13.6 Å². The van der Waals surface area contributed by atoms with Gasteiger partial charge in [0.1, 0.15) is 0 Å². The van der Waals surface area contributed by atoms with Crippen LogP contribution < -0.4 is 11.5 Å². The van der Waals surface area contributed by atoms with E-state index in [9.17, 15) is 13.0 Å². The molecule has 0 radical (unpaired) electrons. The summed E-state index contributed by atoms with van der Waals surface area (Å²) in [5.41, 5.74) is 11.9. The Morgan fingerprint density at radius 3 is 2.09 bits per heavy atom. The number of sulfonamides is 1. The summed E-state index contributed by atoms with van der Waals surface area (Å²) in [7, 11) is -7.45. The third-order valence-corrected chi connectivity index (χ3v) is 8.29. The van der Waals surface area contributed by atoms with E-state index in [1.807, 2.05) is 13.8 Å². The van der Waals surface area contributed by atoms with Gasteiger partial charge in [0, 0.05) is 18.3 Å². The Morgan fingerprint density at radius 2 is 1.59 bits per heavy atom. The molecule has 4 N–H and O–H groups in total. The Kier molecular flexibility index (Phi) is 13.0. The molecule has 1 atom stereocenters. The zero-order valence-electron chi connectivity index (χ0n) is 19.7. The zero-order chi connectivity index (χ0) is 24.2. The fourth-order valence-corrected chi connectivity index (χ4v) is 6.30. The van der Waals surface area contributed by atoms with Gasteiger partial charge in [0.05, 0.1) is 24.7 Å². The molecular weight excluding hydrogens is 453 g/mol. The van der Waals surface area contributed by atoms with Crippen LogP contribution in [0.2, 0.25) is 0 Å². The van der Waals surface area contributed by atoms with Crippen LogP contribution in [0.3, 0.4) is 0 Å². The standard InChI is InChI=1S/C21H40N3O6PS/c1-5-28-31(25,29-6-2)30-16-14-20(9-7-8-15-22)24(17-18(3)4)32(26,27)21-12-10-19(23)11-13-21/h10-13,18,20H,5-9,14-17,22-23H2,1-4H3/t20-/m0/s1. The summed E-state index contributed by atoms with van der Waals surface area (Å²) in [6, 6.07) is 5.83. The number of phosphoric ester groups is 1. The molecule has 186 valence electrons. The van der Waals surface area contributed by atoms with Crippen LogP contribution in [0.5, 0.6) is 0 Å². The molecule has 0 bridgehead atoms. The maximum atomic E-state index is 13.5. The second kappa shape index (κ2) is 14.3. The predicted octanol–water partition coefficient (Wildman–Crippen LogP) is 4.00. The average molecular weight is 494 g/mol. The molecule has 0 spiro atoms. The van der Waals surface area contributed by atoms with Crippen LogP contribution >= 0.6 is 7.82 Å². The molecule has 0 aliphatic carbocycles. The van der Waals surface area contributed by atoms with E-state index >= 15 is 0 Å². The minimum absolute atomic E-state index is 0.0381. The van der Waals surface area contributed by atoms with Gasteiger partial charge >= 0.3 is 7.82 Å². The van der Waals surface area contributed by atoms with Gasteiger partial charge < -0.3 is 11.5 Å². The minimum Gasteiger partial charge on any atom is -0.399 e. The number of nitrogens with two attached hydrogens (primary N) is 2. The van der Waals surface area contributed by atoms with Gasteiger partial charge in [-0.25, -0.2) is 13.0 Å². The van der Waals surface area contributed by atoms with Crippen molar-refractivity contribution in [2.24, 2.45) is 11.7 Å². The van der Waals surface area contributed by atoms with Gasteiger partial charge in [0.25, 0.3) is 0 Å². The number of rotatable bonds is 17. The number of hydrogen-bond donors (Lipinski definition) is 2. The van der Waals surface area contributed by atoms with Crippen molar-refractivity contribution in [2.75, 3.05) is 38.6 Å². The van der Waals surface area contributed by atoms with Crippen molar-refractivity contribution in [1.82, 2.24) is 4.31 Å². The lowest BCUT2D eigenvalue weighted by Crippen LogP contribution is -2.43. The molecule has 0 unspecified atom stereocenters. The number of unbranched alkanes of at least 4 members (excludes halogenated alkanes) is 1. The summed E-state index contributed by atoms with van der Waals surface area (Å²) in [6.45, 7) is 8.62. The smallest absolute Gasteiger partial charge is 0.399 e. The lowest BCUT2D eigenvalue weighted by atomic mass is 10.1. The van der Waals surface area contributed by atoms with E-state index in [4.69, 9.17) is 25.0 Å². The molecule has 0 aliphatic rings. The zero-order valence-corrected chi connectivity index (χ0v) is 21.4. The molecule has 9 nitrogen and oxygen atoms in total. The molecule has 11 heteroatoms. The minimum atomic E-state index is -3.78. The van der Waals surface area contributed by atoms with Gasteiger partial charge in [-0.15, -0.1) is 0 Å². The highest BCUT2D eigenvalue weighted by molar-refractivity contribution is 7.89. The van der Waals surface area contributed by atoms with Crippen molar-refractivity contribution >= 4 is 23.5 Å². The van der Waals surface area contributed by atoms with Crippen molar-refractivity contribution in [2.45, 2.75) is 64.3 Å².